The van der Waals surface area contributed by atoms with Gasteiger partial charge in [0.25, 0.3) is 5.91 Å². The Bertz CT molecular complexity index is 760. The van der Waals surface area contributed by atoms with Gasteiger partial charge in [0.15, 0.2) is 0 Å². The van der Waals surface area contributed by atoms with E-state index in [2.05, 4.69) is 10.3 Å². The summed E-state index contributed by atoms with van der Waals surface area (Å²) >= 11 is 6.98. The second kappa shape index (κ2) is 6.97. The fraction of sp³-hybridized carbons (Fsp3) is 0.267. The van der Waals surface area contributed by atoms with E-state index in [0.717, 1.165) is 11.3 Å². The summed E-state index contributed by atoms with van der Waals surface area (Å²) < 4.78 is 5.08. The summed E-state index contributed by atoms with van der Waals surface area (Å²) in [7, 11) is 1.47. The van der Waals surface area contributed by atoms with Crippen molar-refractivity contribution >= 4 is 34.8 Å². The van der Waals surface area contributed by atoms with E-state index in [9.17, 15) is 9.59 Å². The quantitative estimate of drug-likeness (QED) is 0.860. The van der Waals surface area contributed by atoms with Crippen molar-refractivity contribution in [1.29, 1.82) is 0 Å². The molecule has 1 heterocycles. The van der Waals surface area contributed by atoms with Gasteiger partial charge in [0, 0.05) is 5.56 Å². The molecule has 2 N–H and O–H groups in total. The Morgan fingerprint density at radius 1 is 1.43 bits per heavy atom. The van der Waals surface area contributed by atoms with Crippen molar-refractivity contribution in [2.75, 3.05) is 7.11 Å². The van der Waals surface area contributed by atoms with Gasteiger partial charge in [0.2, 0.25) is 0 Å². The summed E-state index contributed by atoms with van der Waals surface area (Å²) in [5.41, 5.74) is 0.830. The van der Waals surface area contributed by atoms with Crippen molar-refractivity contribution in [3.8, 4) is 5.75 Å². The molecule has 122 valence electrons. The Kier molecular flexibility index (Phi) is 5.23. The SMILES string of the molecule is COc1cc(C(=O)NC(C)c2nc(C)c(C(=O)O)s2)ccc1Cl. The zero-order valence-electron chi connectivity index (χ0n) is 12.7. The molecule has 0 bridgehead atoms. The highest BCUT2D eigenvalue weighted by Crippen LogP contribution is 2.26. The zero-order chi connectivity index (χ0) is 17.1. The molecule has 2 aromatic rings. The van der Waals surface area contributed by atoms with Gasteiger partial charge >= 0.3 is 5.97 Å². The lowest BCUT2D eigenvalue weighted by atomic mass is 10.2. The molecule has 0 aliphatic heterocycles. The van der Waals surface area contributed by atoms with Gasteiger partial charge in [-0.05, 0) is 32.0 Å². The lowest BCUT2D eigenvalue weighted by Crippen LogP contribution is -2.26. The molecule has 0 aliphatic carbocycles. The Morgan fingerprint density at radius 3 is 2.70 bits per heavy atom. The number of carboxylic acid groups (broad SMARTS) is 1. The van der Waals surface area contributed by atoms with Crippen molar-refractivity contribution in [1.82, 2.24) is 10.3 Å². The van der Waals surface area contributed by atoms with Gasteiger partial charge in [-0.15, -0.1) is 11.3 Å². The van der Waals surface area contributed by atoms with Crippen molar-refractivity contribution in [2.45, 2.75) is 19.9 Å². The summed E-state index contributed by atoms with van der Waals surface area (Å²) in [4.78, 5) is 27.7. The van der Waals surface area contributed by atoms with Crippen LogP contribution in [0.4, 0.5) is 0 Å². The summed E-state index contributed by atoms with van der Waals surface area (Å²) in [6, 6.07) is 4.29. The summed E-state index contributed by atoms with van der Waals surface area (Å²) in [6.07, 6.45) is 0. The Labute approximate surface area is 142 Å². The maximum absolute atomic E-state index is 12.3. The summed E-state index contributed by atoms with van der Waals surface area (Å²) in [5, 5.41) is 12.8. The van der Waals surface area contributed by atoms with Crippen LogP contribution >= 0.6 is 22.9 Å². The van der Waals surface area contributed by atoms with Crippen LogP contribution in [0.1, 0.15) is 43.7 Å². The molecule has 0 radical (unpaired) electrons. The van der Waals surface area contributed by atoms with Gasteiger partial charge in [-0.1, -0.05) is 11.6 Å². The number of aromatic nitrogens is 1. The summed E-state index contributed by atoms with van der Waals surface area (Å²) in [5.74, 6) is -0.936. The van der Waals surface area contributed by atoms with Gasteiger partial charge in [0.1, 0.15) is 15.6 Å². The van der Waals surface area contributed by atoms with Crippen molar-refractivity contribution in [3.63, 3.8) is 0 Å². The number of halogens is 1. The Balaban J connectivity index is 2.16. The predicted molar refractivity (Wildman–Crippen MR) is 87.7 cm³/mol. The third kappa shape index (κ3) is 3.80. The number of nitrogens with zero attached hydrogens (tertiary/aromatic N) is 1. The number of carbonyl (C=O) groups is 2. The van der Waals surface area contributed by atoms with Crippen molar-refractivity contribution in [3.05, 3.63) is 44.4 Å². The minimum absolute atomic E-state index is 0.175. The molecule has 0 saturated carbocycles. The fourth-order valence-electron chi connectivity index (χ4n) is 1.94. The molecular weight excluding hydrogens is 340 g/mol. The minimum atomic E-state index is -1.02. The van der Waals surface area contributed by atoms with Crippen LogP contribution in [0.15, 0.2) is 18.2 Å². The number of nitrogens with one attached hydrogen (secondary N) is 1. The number of benzene rings is 1. The van der Waals surface area contributed by atoms with Crippen LogP contribution in [0.25, 0.3) is 0 Å². The topological polar surface area (TPSA) is 88.5 Å². The number of rotatable bonds is 5. The molecule has 1 aromatic heterocycles. The highest BCUT2D eigenvalue weighted by atomic mass is 35.5. The molecule has 8 heteroatoms. The van der Waals surface area contributed by atoms with E-state index in [1.54, 1.807) is 32.0 Å². The standard InChI is InChI=1S/C15H15ClN2O4S/c1-7-12(15(20)21)23-14(18-7)8(2)17-13(19)9-4-5-10(16)11(6-9)22-3/h4-6,8H,1-3H3,(H,17,19)(H,20,21). The highest BCUT2D eigenvalue weighted by Gasteiger charge is 2.20. The Hall–Kier alpha value is -2.12. The predicted octanol–water partition coefficient (Wildman–Crippen LogP) is 3.30. The van der Waals surface area contributed by atoms with E-state index in [-0.39, 0.29) is 10.8 Å². The van der Waals surface area contributed by atoms with Gasteiger partial charge in [0.05, 0.1) is 23.9 Å². The number of aryl methyl sites for hydroxylation is 1. The first-order valence-corrected chi connectivity index (χ1v) is 7.88. The first-order valence-electron chi connectivity index (χ1n) is 6.68. The number of methoxy groups -OCH3 is 1. The second-order valence-electron chi connectivity index (χ2n) is 4.82. The van der Waals surface area contributed by atoms with Crippen LogP contribution in [0.2, 0.25) is 5.02 Å². The van der Waals surface area contributed by atoms with E-state index >= 15 is 0 Å². The second-order valence-corrected chi connectivity index (χ2v) is 6.25. The number of ether oxygens (including phenoxy) is 1. The van der Waals surface area contributed by atoms with Crippen LogP contribution in [0.3, 0.4) is 0 Å². The number of hydrogen-bond donors (Lipinski definition) is 2. The van der Waals surface area contributed by atoms with Crippen LogP contribution < -0.4 is 10.1 Å². The number of amides is 1. The third-order valence-electron chi connectivity index (χ3n) is 3.14. The lowest BCUT2D eigenvalue weighted by molar-refractivity contribution is 0.0701. The molecule has 0 saturated heterocycles. The van der Waals surface area contributed by atoms with E-state index in [0.29, 0.717) is 27.0 Å². The van der Waals surface area contributed by atoms with Crippen molar-refractivity contribution < 1.29 is 19.4 Å². The number of carbonyl (C=O) groups excluding carboxylic acids is 1. The molecule has 1 atom stereocenters. The average molecular weight is 355 g/mol. The molecule has 2 rings (SSSR count). The number of thiazole rings is 1. The van der Waals surface area contributed by atoms with Crippen LogP contribution in [-0.2, 0) is 0 Å². The molecule has 0 spiro atoms. The monoisotopic (exact) mass is 354 g/mol. The molecule has 1 aromatic carbocycles. The van der Waals surface area contributed by atoms with Gasteiger partial charge < -0.3 is 15.2 Å². The molecular formula is C15H15ClN2O4S. The summed E-state index contributed by atoms with van der Waals surface area (Å²) in [6.45, 7) is 3.37. The normalized spacial score (nSPS) is 11.8. The van der Waals surface area contributed by atoms with Gasteiger partial charge in [-0.3, -0.25) is 4.79 Å². The number of hydrogen-bond acceptors (Lipinski definition) is 5. The van der Waals surface area contributed by atoms with Crippen LogP contribution in [0, 0.1) is 6.92 Å². The van der Waals surface area contributed by atoms with Crippen LogP contribution in [-0.4, -0.2) is 29.1 Å². The van der Waals surface area contributed by atoms with Gasteiger partial charge in [-0.2, -0.15) is 0 Å². The largest absolute Gasteiger partial charge is 0.495 e. The van der Waals surface area contributed by atoms with Crippen molar-refractivity contribution in [2.24, 2.45) is 0 Å². The molecule has 0 fully saturated rings. The smallest absolute Gasteiger partial charge is 0.347 e. The molecule has 1 amide bonds. The zero-order valence-corrected chi connectivity index (χ0v) is 14.3. The number of aromatic carboxylic acids is 1. The Morgan fingerprint density at radius 2 is 2.13 bits per heavy atom. The van der Waals surface area contributed by atoms with E-state index in [1.165, 1.54) is 7.11 Å². The van der Waals surface area contributed by atoms with E-state index in [1.807, 2.05) is 0 Å². The first-order chi connectivity index (χ1) is 10.8. The van der Waals surface area contributed by atoms with E-state index < -0.39 is 12.0 Å². The van der Waals surface area contributed by atoms with Gasteiger partial charge in [-0.25, -0.2) is 9.78 Å². The minimum Gasteiger partial charge on any atom is -0.495 e. The average Bonchev–Trinajstić information content (AvgIpc) is 2.90. The maximum Gasteiger partial charge on any atom is 0.347 e. The van der Waals surface area contributed by atoms with Crippen LogP contribution in [0.5, 0.6) is 5.75 Å². The number of carboxylic acids is 1. The fourth-order valence-corrected chi connectivity index (χ4v) is 3.05. The highest BCUT2D eigenvalue weighted by molar-refractivity contribution is 7.13. The molecule has 1 unspecified atom stereocenters. The molecule has 23 heavy (non-hydrogen) atoms. The molecule has 0 aliphatic rings. The maximum atomic E-state index is 12.3. The van der Waals surface area contributed by atoms with E-state index in [4.69, 9.17) is 21.4 Å². The third-order valence-corrected chi connectivity index (χ3v) is 4.78. The first kappa shape index (κ1) is 17.2. The lowest BCUT2D eigenvalue weighted by Gasteiger charge is -2.12. The molecule has 6 nitrogen and oxygen atoms in total.